The molecule has 0 spiro atoms. The number of aryl methyl sites for hydroxylation is 2. The van der Waals surface area contributed by atoms with Gasteiger partial charge >= 0.3 is 0 Å². The SMILES string of the molecule is Cc1ccc(NC(=O)c2cccc(N)c2Br)c(C)c1. The molecule has 0 aliphatic carbocycles. The molecule has 3 N–H and O–H groups in total. The molecule has 0 saturated carbocycles. The highest BCUT2D eigenvalue weighted by molar-refractivity contribution is 9.10. The van der Waals surface area contributed by atoms with Gasteiger partial charge in [0.25, 0.3) is 5.91 Å². The van der Waals surface area contributed by atoms with Crippen molar-refractivity contribution in [3.63, 3.8) is 0 Å². The Morgan fingerprint density at radius 2 is 1.95 bits per heavy atom. The van der Waals surface area contributed by atoms with E-state index in [0.29, 0.717) is 15.7 Å². The molecule has 0 fully saturated rings. The van der Waals surface area contributed by atoms with Crippen molar-refractivity contribution in [3.8, 4) is 0 Å². The van der Waals surface area contributed by atoms with Crippen molar-refractivity contribution in [1.29, 1.82) is 0 Å². The maximum atomic E-state index is 12.2. The zero-order valence-electron chi connectivity index (χ0n) is 10.8. The van der Waals surface area contributed by atoms with Crippen molar-refractivity contribution in [2.45, 2.75) is 13.8 Å². The third-order valence-electron chi connectivity index (χ3n) is 2.90. The molecule has 19 heavy (non-hydrogen) atoms. The van der Waals surface area contributed by atoms with Crippen LogP contribution < -0.4 is 11.1 Å². The highest BCUT2D eigenvalue weighted by atomic mass is 79.9. The Balaban J connectivity index is 2.28. The third kappa shape index (κ3) is 2.96. The van der Waals surface area contributed by atoms with Crippen molar-refractivity contribution in [1.82, 2.24) is 0 Å². The van der Waals surface area contributed by atoms with Gasteiger partial charge in [-0.2, -0.15) is 0 Å². The molecule has 0 radical (unpaired) electrons. The number of carbonyl (C=O) groups is 1. The number of hydrogen-bond donors (Lipinski definition) is 2. The molecule has 0 saturated heterocycles. The number of anilines is 2. The number of amides is 1. The predicted octanol–water partition coefficient (Wildman–Crippen LogP) is 3.90. The molecule has 0 aromatic heterocycles. The van der Waals surface area contributed by atoms with Gasteiger partial charge in [-0.3, -0.25) is 4.79 Å². The Morgan fingerprint density at radius 3 is 2.63 bits per heavy atom. The normalized spacial score (nSPS) is 10.3. The van der Waals surface area contributed by atoms with Gasteiger partial charge in [0.05, 0.1) is 10.0 Å². The molecular formula is C15H15BrN2O. The lowest BCUT2D eigenvalue weighted by atomic mass is 10.1. The molecule has 0 bridgehead atoms. The monoisotopic (exact) mass is 318 g/mol. The molecule has 0 aliphatic rings. The van der Waals surface area contributed by atoms with Crippen LogP contribution in [0.5, 0.6) is 0 Å². The van der Waals surface area contributed by atoms with Gasteiger partial charge in [-0.1, -0.05) is 23.8 Å². The van der Waals surface area contributed by atoms with Crippen LogP contribution in [0.2, 0.25) is 0 Å². The van der Waals surface area contributed by atoms with Crippen LogP contribution in [0.25, 0.3) is 0 Å². The van der Waals surface area contributed by atoms with Gasteiger partial charge in [0.2, 0.25) is 0 Å². The lowest BCUT2D eigenvalue weighted by molar-refractivity contribution is 0.102. The molecule has 98 valence electrons. The van der Waals surface area contributed by atoms with Gasteiger partial charge in [-0.25, -0.2) is 0 Å². The van der Waals surface area contributed by atoms with E-state index in [1.165, 1.54) is 5.56 Å². The molecule has 1 amide bonds. The maximum absolute atomic E-state index is 12.2. The minimum atomic E-state index is -0.175. The quantitative estimate of drug-likeness (QED) is 0.825. The summed E-state index contributed by atoms with van der Waals surface area (Å²) >= 11 is 3.34. The van der Waals surface area contributed by atoms with E-state index < -0.39 is 0 Å². The van der Waals surface area contributed by atoms with Crippen LogP contribution in [-0.2, 0) is 0 Å². The highest BCUT2D eigenvalue weighted by Crippen LogP contribution is 2.25. The molecule has 4 heteroatoms. The van der Waals surface area contributed by atoms with E-state index in [2.05, 4.69) is 21.2 Å². The Hall–Kier alpha value is -1.81. The molecule has 0 unspecified atom stereocenters. The zero-order chi connectivity index (χ0) is 14.0. The summed E-state index contributed by atoms with van der Waals surface area (Å²) in [6, 6.07) is 11.2. The van der Waals surface area contributed by atoms with E-state index in [9.17, 15) is 4.79 Å². The molecule has 0 heterocycles. The Labute approximate surface area is 121 Å². The Bertz CT molecular complexity index is 638. The van der Waals surface area contributed by atoms with Gasteiger partial charge in [0.1, 0.15) is 0 Å². The van der Waals surface area contributed by atoms with Crippen LogP contribution in [0.15, 0.2) is 40.9 Å². The van der Waals surface area contributed by atoms with Crippen LogP contribution in [0.4, 0.5) is 11.4 Å². The molecule has 0 aliphatic heterocycles. The van der Waals surface area contributed by atoms with Crippen molar-refractivity contribution in [2.24, 2.45) is 0 Å². The van der Waals surface area contributed by atoms with E-state index in [0.717, 1.165) is 11.3 Å². The average Bonchev–Trinajstić information content (AvgIpc) is 2.36. The van der Waals surface area contributed by atoms with Crippen molar-refractivity contribution >= 4 is 33.2 Å². The first-order valence-corrected chi connectivity index (χ1v) is 6.71. The zero-order valence-corrected chi connectivity index (χ0v) is 12.4. The summed E-state index contributed by atoms with van der Waals surface area (Å²) in [5.74, 6) is -0.175. The second-order valence-electron chi connectivity index (χ2n) is 4.48. The average molecular weight is 319 g/mol. The maximum Gasteiger partial charge on any atom is 0.256 e. The van der Waals surface area contributed by atoms with Crippen molar-refractivity contribution < 1.29 is 4.79 Å². The molecular weight excluding hydrogens is 304 g/mol. The number of rotatable bonds is 2. The fourth-order valence-corrected chi connectivity index (χ4v) is 2.31. The summed E-state index contributed by atoms with van der Waals surface area (Å²) in [7, 11) is 0. The topological polar surface area (TPSA) is 55.1 Å². The molecule has 2 aromatic carbocycles. The number of benzene rings is 2. The Morgan fingerprint density at radius 1 is 1.21 bits per heavy atom. The lowest BCUT2D eigenvalue weighted by Crippen LogP contribution is -2.14. The fraction of sp³-hybridized carbons (Fsp3) is 0.133. The number of nitrogens with two attached hydrogens (primary N) is 1. The first kappa shape index (κ1) is 13.6. The molecule has 0 atom stereocenters. The van der Waals surface area contributed by atoms with E-state index in [1.54, 1.807) is 18.2 Å². The first-order valence-electron chi connectivity index (χ1n) is 5.91. The smallest absolute Gasteiger partial charge is 0.256 e. The van der Waals surface area contributed by atoms with E-state index in [1.807, 2.05) is 32.0 Å². The second-order valence-corrected chi connectivity index (χ2v) is 5.27. The summed E-state index contributed by atoms with van der Waals surface area (Å²) < 4.78 is 0.622. The van der Waals surface area contributed by atoms with Gasteiger partial charge in [0, 0.05) is 11.4 Å². The lowest BCUT2D eigenvalue weighted by Gasteiger charge is -2.11. The Kier molecular flexibility index (Phi) is 3.90. The van der Waals surface area contributed by atoms with Gasteiger partial charge in [-0.15, -0.1) is 0 Å². The van der Waals surface area contributed by atoms with Crippen molar-refractivity contribution in [3.05, 3.63) is 57.6 Å². The minimum Gasteiger partial charge on any atom is -0.398 e. The molecule has 2 aromatic rings. The third-order valence-corrected chi connectivity index (χ3v) is 3.79. The van der Waals surface area contributed by atoms with Crippen LogP contribution in [0.1, 0.15) is 21.5 Å². The number of hydrogen-bond acceptors (Lipinski definition) is 2. The van der Waals surface area contributed by atoms with E-state index >= 15 is 0 Å². The molecule has 2 rings (SSSR count). The van der Waals surface area contributed by atoms with E-state index in [-0.39, 0.29) is 5.91 Å². The fourth-order valence-electron chi connectivity index (χ4n) is 1.87. The summed E-state index contributed by atoms with van der Waals surface area (Å²) in [6.07, 6.45) is 0. The van der Waals surface area contributed by atoms with Crippen LogP contribution in [-0.4, -0.2) is 5.91 Å². The van der Waals surface area contributed by atoms with Crippen LogP contribution >= 0.6 is 15.9 Å². The summed E-state index contributed by atoms with van der Waals surface area (Å²) in [5.41, 5.74) is 9.86. The minimum absolute atomic E-state index is 0.175. The largest absolute Gasteiger partial charge is 0.398 e. The molecule has 3 nitrogen and oxygen atoms in total. The van der Waals surface area contributed by atoms with Gasteiger partial charge < -0.3 is 11.1 Å². The van der Waals surface area contributed by atoms with Gasteiger partial charge in [-0.05, 0) is 53.5 Å². The van der Waals surface area contributed by atoms with E-state index in [4.69, 9.17) is 5.73 Å². The first-order chi connectivity index (χ1) is 8.99. The highest BCUT2D eigenvalue weighted by Gasteiger charge is 2.12. The van der Waals surface area contributed by atoms with Gasteiger partial charge in [0.15, 0.2) is 0 Å². The predicted molar refractivity (Wildman–Crippen MR) is 82.4 cm³/mol. The number of nitrogens with one attached hydrogen (secondary N) is 1. The van der Waals surface area contributed by atoms with Crippen LogP contribution in [0.3, 0.4) is 0 Å². The number of halogens is 1. The standard InChI is InChI=1S/C15H15BrN2O/c1-9-6-7-13(10(2)8-9)18-15(19)11-4-3-5-12(17)14(11)16/h3-8H,17H2,1-2H3,(H,18,19). The summed E-state index contributed by atoms with van der Waals surface area (Å²) in [5, 5.41) is 2.90. The van der Waals surface area contributed by atoms with Crippen LogP contribution in [0, 0.1) is 13.8 Å². The number of carbonyl (C=O) groups excluding carboxylic acids is 1. The van der Waals surface area contributed by atoms with Crippen molar-refractivity contribution in [2.75, 3.05) is 11.1 Å². The number of nitrogen functional groups attached to an aromatic ring is 1. The summed E-state index contributed by atoms with van der Waals surface area (Å²) in [4.78, 5) is 12.2. The summed E-state index contributed by atoms with van der Waals surface area (Å²) in [6.45, 7) is 3.99. The second kappa shape index (κ2) is 5.45.